The van der Waals surface area contributed by atoms with Gasteiger partial charge in [-0.05, 0) is 12.1 Å². The largest absolute Gasteiger partial charge is 0.488 e. The van der Waals surface area contributed by atoms with Crippen molar-refractivity contribution in [1.82, 2.24) is 0 Å². The van der Waals surface area contributed by atoms with Crippen molar-refractivity contribution in [3.8, 4) is 5.75 Å². The Morgan fingerprint density at radius 2 is 2.21 bits per heavy atom. The molecule has 76 valence electrons. The first kappa shape index (κ1) is 10.4. The topological polar surface area (TPSA) is 59.1 Å². The van der Waals surface area contributed by atoms with Gasteiger partial charge in [0, 0.05) is 5.56 Å². The molecule has 0 aliphatic rings. The summed E-state index contributed by atoms with van der Waals surface area (Å²) in [6.07, 6.45) is -2.50. The maximum Gasteiger partial charge on any atom is 0.272 e. The highest BCUT2D eigenvalue weighted by atomic mass is 19.3. The predicted molar refractivity (Wildman–Crippen MR) is 49.0 cm³/mol. The van der Waals surface area contributed by atoms with Gasteiger partial charge in [-0.1, -0.05) is 12.1 Å². The summed E-state index contributed by atoms with van der Waals surface area (Å²) in [7, 11) is 0. The number of ether oxygens (including phenoxy) is 1. The van der Waals surface area contributed by atoms with Crippen LogP contribution in [0.3, 0.4) is 0 Å². The second-order valence-electron chi connectivity index (χ2n) is 2.64. The Kier molecular flexibility index (Phi) is 3.39. The van der Waals surface area contributed by atoms with E-state index in [1.165, 1.54) is 12.1 Å². The molecule has 0 bridgehead atoms. The lowest BCUT2D eigenvalue weighted by molar-refractivity contribution is 0.0819. The summed E-state index contributed by atoms with van der Waals surface area (Å²) in [5.74, 6) is 0.172. The summed E-state index contributed by atoms with van der Waals surface area (Å²) in [5, 5.41) is 7.12. The zero-order chi connectivity index (χ0) is 10.6. The first-order valence-corrected chi connectivity index (χ1v) is 3.95. The zero-order valence-electron chi connectivity index (χ0n) is 7.34. The molecule has 0 unspecified atom stereocenters. The van der Waals surface area contributed by atoms with Gasteiger partial charge in [-0.3, -0.25) is 5.41 Å². The second kappa shape index (κ2) is 4.55. The number of hydrogen-bond acceptors (Lipinski definition) is 2. The van der Waals surface area contributed by atoms with Gasteiger partial charge in [0.15, 0.2) is 0 Å². The molecule has 0 fully saturated rings. The quantitative estimate of drug-likeness (QED) is 0.573. The molecule has 0 heterocycles. The van der Waals surface area contributed by atoms with Crippen LogP contribution in [0.25, 0.3) is 0 Å². The molecule has 1 rings (SSSR count). The van der Waals surface area contributed by atoms with E-state index in [0.717, 1.165) is 0 Å². The summed E-state index contributed by atoms with van der Waals surface area (Å²) in [6.45, 7) is -0.651. The Bertz CT molecular complexity index is 328. The number of alkyl halides is 2. The molecule has 0 saturated heterocycles. The predicted octanol–water partition coefficient (Wildman–Crippen LogP) is 1.61. The van der Waals surface area contributed by atoms with E-state index in [1.807, 2.05) is 0 Å². The molecule has 1 aromatic carbocycles. The minimum atomic E-state index is -2.50. The monoisotopic (exact) mass is 200 g/mol. The molecule has 0 aliphatic carbocycles. The molecule has 1 aromatic rings. The van der Waals surface area contributed by atoms with Crippen LogP contribution in [0.15, 0.2) is 24.3 Å². The van der Waals surface area contributed by atoms with E-state index in [-0.39, 0.29) is 11.6 Å². The number of amidine groups is 1. The lowest BCUT2D eigenvalue weighted by Crippen LogP contribution is -2.12. The molecule has 0 radical (unpaired) electrons. The standard InChI is InChI=1S/C9H10F2N2O/c10-8(11)5-14-7-3-1-2-6(4-7)9(12)13/h1-4,8H,5H2,(H3,12,13). The van der Waals surface area contributed by atoms with Gasteiger partial charge in [0.2, 0.25) is 0 Å². The van der Waals surface area contributed by atoms with Gasteiger partial charge in [0.05, 0.1) is 0 Å². The fourth-order valence-corrected chi connectivity index (χ4v) is 0.913. The maximum atomic E-state index is 11.8. The minimum Gasteiger partial charge on any atom is -0.488 e. The average molecular weight is 200 g/mol. The van der Waals surface area contributed by atoms with Crippen LogP contribution in [-0.4, -0.2) is 18.9 Å². The fourth-order valence-electron chi connectivity index (χ4n) is 0.913. The highest BCUT2D eigenvalue weighted by molar-refractivity contribution is 5.95. The molecule has 5 heteroatoms. The molecule has 0 aliphatic heterocycles. The molecular weight excluding hydrogens is 190 g/mol. The summed E-state index contributed by atoms with van der Waals surface area (Å²) in [6, 6.07) is 6.19. The van der Waals surface area contributed by atoms with Crippen molar-refractivity contribution in [3.05, 3.63) is 29.8 Å². The summed E-state index contributed by atoms with van der Waals surface area (Å²) < 4.78 is 28.3. The number of rotatable bonds is 4. The van der Waals surface area contributed by atoms with E-state index in [1.54, 1.807) is 12.1 Å². The van der Waals surface area contributed by atoms with Crippen LogP contribution in [0.5, 0.6) is 5.75 Å². The summed E-state index contributed by atoms with van der Waals surface area (Å²) in [5.41, 5.74) is 5.67. The number of nitrogens with two attached hydrogens (primary N) is 1. The van der Waals surface area contributed by atoms with Crippen LogP contribution in [0, 0.1) is 5.41 Å². The van der Waals surface area contributed by atoms with E-state index in [4.69, 9.17) is 15.9 Å². The van der Waals surface area contributed by atoms with Gasteiger partial charge in [0.25, 0.3) is 6.43 Å². The van der Waals surface area contributed by atoms with Crippen LogP contribution < -0.4 is 10.5 Å². The molecule has 3 nitrogen and oxygen atoms in total. The zero-order valence-corrected chi connectivity index (χ0v) is 7.34. The van der Waals surface area contributed by atoms with Crippen molar-refractivity contribution in [1.29, 1.82) is 5.41 Å². The van der Waals surface area contributed by atoms with Crippen LogP contribution in [-0.2, 0) is 0 Å². The molecule has 3 N–H and O–H groups in total. The van der Waals surface area contributed by atoms with Crippen molar-refractivity contribution < 1.29 is 13.5 Å². The number of benzene rings is 1. The number of hydrogen-bond donors (Lipinski definition) is 2. The second-order valence-corrected chi connectivity index (χ2v) is 2.64. The molecule has 0 aromatic heterocycles. The van der Waals surface area contributed by atoms with Crippen molar-refractivity contribution in [2.24, 2.45) is 5.73 Å². The normalized spacial score (nSPS) is 10.2. The maximum absolute atomic E-state index is 11.8. The Morgan fingerprint density at radius 1 is 1.50 bits per heavy atom. The molecular formula is C9H10F2N2O. The third kappa shape index (κ3) is 3.01. The third-order valence-electron chi connectivity index (χ3n) is 1.52. The Hall–Kier alpha value is -1.65. The number of halogens is 2. The van der Waals surface area contributed by atoms with Crippen molar-refractivity contribution >= 4 is 5.84 Å². The van der Waals surface area contributed by atoms with Crippen molar-refractivity contribution in [3.63, 3.8) is 0 Å². The molecule has 14 heavy (non-hydrogen) atoms. The van der Waals surface area contributed by atoms with Gasteiger partial charge in [-0.15, -0.1) is 0 Å². The smallest absolute Gasteiger partial charge is 0.272 e. The summed E-state index contributed by atoms with van der Waals surface area (Å²) in [4.78, 5) is 0. The Balaban J connectivity index is 2.69. The van der Waals surface area contributed by atoms with Gasteiger partial charge in [-0.25, -0.2) is 8.78 Å². The molecule has 0 atom stereocenters. The van der Waals surface area contributed by atoms with Gasteiger partial charge in [-0.2, -0.15) is 0 Å². The van der Waals surface area contributed by atoms with Crippen LogP contribution in [0.4, 0.5) is 8.78 Å². The lowest BCUT2D eigenvalue weighted by Gasteiger charge is -2.06. The molecule has 0 amide bonds. The first-order chi connectivity index (χ1) is 6.59. The van der Waals surface area contributed by atoms with Crippen molar-refractivity contribution in [2.45, 2.75) is 6.43 Å². The fraction of sp³-hybridized carbons (Fsp3) is 0.222. The SMILES string of the molecule is N=C(N)c1cccc(OCC(F)F)c1. The van der Waals surface area contributed by atoms with E-state index in [9.17, 15) is 8.78 Å². The molecule has 0 saturated carbocycles. The average Bonchev–Trinajstić information content (AvgIpc) is 2.15. The Labute approximate surface area is 80.0 Å². The van der Waals surface area contributed by atoms with Crippen LogP contribution in [0.2, 0.25) is 0 Å². The summed E-state index contributed by atoms with van der Waals surface area (Å²) >= 11 is 0. The Morgan fingerprint density at radius 3 is 2.79 bits per heavy atom. The first-order valence-electron chi connectivity index (χ1n) is 3.95. The van der Waals surface area contributed by atoms with Crippen molar-refractivity contribution in [2.75, 3.05) is 6.61 Å². The van der Waals surface area contributed by atoms with Crippen LogP contribution in [0.1, 0.15) is 5.56 Å². The van der Waals surface area contributed by atoms with Gasteiger partial charge >= 0.3 is 0 Å². The van der Waals surface area contributed by atoms with E-state index in [0.29, 0.717) is 5.56 Å². The lowest BCUT2D eigenvalue weighted by atomic mass is 10.2. The van der Waals surface area contributed by atoms with Gasteiger partial charge < -0.3 is 10.5 Å². The van der Waals surface area contributed by atoms with E-state index < -0.39 is 13.0 Å². The highest BCUT2D eigenvalue weighted by Crippen LogP contribution is 2.13. The minimum absolute atomic E-state index is 0.118. The van der Waals surface area contributed by atoms with E-state index >= 15 is 0 Å². The van der Waals surface area contributed by atoms with Crippen LogP contribution >= 0.6 is 0 Å². The number of nitrogens with one attached hydrogen (secondary N) is 1. The van der Waals surface area contributed by atoms with Gasteiger partial charge in [0.1, 0.15) is 18.2 Å². The third-order valence-corrected chi connectivity index (χ3v) is 1.52. The number of nitrogen functional groups attached to an aromatic ring is 1. The van der Waals surface area contributed by atoms with E-state index in [2.05, 4.69) is 0 Å². The molecule has 0 spiro atoms. The highest BCUT2D eigenvalue weighted by Gasteiger charge is 2.04.